The lowest BCUT2D eigenvalue weighted by Crippen LogP contribution is -2.29. The molecule has 0 amide bonds. The quantitative estimate of drug-likeness (QED) is 0.414. The monoisotopic (exact) mass is 298 g/mol. The Morgan fingerprint density at radius 2 is 2.00 bits per heavy atom. The van der Waals surface area contributed by atoms with Gasteiger partial charge in [0.1, 0.15) is 0 Å². The highest BCUT2D eigenvalue weighted by atomic mass is 32.2. The van der Waals surface area contributed by atoms with Gasteiger partial charge in [-0.15, -0.1) is 0 Å². The van der Waals surface area contributed by atoms with E-state index in [0.717, 1.165) is 5.69 Å². The van der Waals surface area contributed by atoms with Crippen LogP contribution in [0, 0.1) is 13.8 Å². The number of sulfonamides is 1. The third-order valence-corrected chi connectivity index (χ3v) is 4.28. The first-order valence-electron chi connectivity index (χ1n) is 6.45. The second-order valence-corrected chi connectivity index (χ2v) is 6.58. The number of aliphatic imine (C=N–C) groups is 1. The van der Waals surface area contributed by atoms with Gasteiger partial charge in [0.05, 0.1) is 12.3 Å². The van der Waals surface area contributed by atoms with Crippen LogP contribution in [0.5, 0.6) is 0 Å². The number of guanidine groups is 1. The van der Waals surface area contributed by atoms with Crippen LogP contribution < -0.4 is 15.8 Å². The number of aryl methyl sites for hydroxylation is 2. The molecule has 7 heteroatoms. The number of nitrogens with zero attached hydrogens (tertiary/aromatic N) is 1. The molecule has 0 aliphatic rings. The van der Waals surface area contributed by atoms with Gasteiger partial charge >= 0.3 is 0 Å². The van der Waals surface area contributed by atoms with Crippen LogP contribution in [0.4, 0.5) is 5.69 Å². The fraction of sp³-hybridized carbons (Fsp3) is 0.462. The van der Waals surface area contributed by atoms with Crippen LogP contribution in [-0.4, -0.2) is 33.2 Å². The van der Waals surface area contributed by atoms with Gasteiger partial charge in [-0.3, -0.25) is 4.99 Å². The Balaban J connectivity index is 2.48. The van der Waals surface area contributed by atoms with Crippen LogP contribution in [0.3, 0.4) is 0 Å². The molecule has 6 nitrogen and oxygen atoms in total. The predicted octanol–water partition coefficient (Wildman–Crippen LogP) is 0.969. The molecule has 0 radical (unpaired) electrons. The largest absolute Gasteiger partial charge is 0.370 e. The van der Waals surface area contributed by atoms with Gasteiger partial charge < -0.3 is 11.1 Å². The van der Waals surface area contributed by atoms with Crippen LogP contribution in [0.25, 0.3) is 0 Å². The highest BCUT2D eigenvalue weighted by Crippen LogP contribution is 2.13. The molecule has 0 aliphatic heterocycles. The first kappa shape index (κ1) is 16.5. The van der Waals surface area contributed by atoms with Crippen molar-refractivity contribution in [2.75, 3.05) is 24.2 Å². The van der Waals surface area contributed by atoms with Gasteiger partial charge in [0.25, 0.3) is 0 Å². The first-order valence-corrected chi connectivity index (χ1v) is 8.11. The number of benzene rings is 1. The van der Waals surface area contributed by atoms with Gasteiger partial charge in [0.2, 0.25) is 10.0 Å². The molecule has 112 valence electrons. The van der Waals surface area contributed by atoms with Crippen molar-refractivity contribution in [3.63, 3.8) is 0 Å². The zero-order chi connectivity index (χ0) is 15.2. The van der Waals surface area contributed by atoms with Gasteiger partial charge in [0.15, 0.2) is 5.96 Å². The number of nitrogens with one attached hydrogen (secondary N) is 2. The summed E-state index contributed by atoms with van der Waals surface area (Å²) >= 11 is 0. The van der Waals surface area contributed by atoms with E-state index >= 15 is 0 Å². The second kappa shape index (κ2) is 7.25. The van der Waals surface area contributed by atoms with E-state index in [4.69, 9.17) is 5.73 Å². The molecule has 1 rings (SSSR count). The highest BCUT2D eigenvalue weighted by Gasteiger charge is 2.04. The Morgan fingerprint density at radius 1 is 1.30 bits per heavy atom. The Hall–Kier alpha value is -1.60. The molecular formula is C13H22N4O2S. The number of nitrogens with two attached hydrogens (primary N) is 1. The summed E-state index contributed by atoms with van der Waals surface area (Å²) in [5.41, 5.74) is 8.98. The van der Waals surface area contributed by atoms with E-state index in [1.165, 1.54) is 11.1 Å². The smallest absolute Gasteiger partial charge is 0.211 e. The van der Waals surface area contributed by atoms with Crippen molar-refractivity contribution in [1.29, 1.82) is 0 Å². The van der Waals surface area contributed by atoms with Crippen molar-refractivity contribution in [3.05, 3.63) is 29.3 Å². The molecule has 0 saturated heterocycles. The lowest BCUT2D eigenvalue weighted by molar-refractivity contribution is 0.583. The Labute approximate surface area is 120 Å². The maximum atomic E-state index is 11.2. The zero-order valence-corrected chi connectivity index (χ0v) is 12.9. The fourth-order valence-electron chi connectivity index (χ4n) is 1.49. The maximum absolute atomic E-state index is 11.2. The van der Waals surface area contributed by atoms with Crippen LogP contribution in [0.1, 0.15) is 18.1 Å². The summed E-state index contributed by atoms with van der Waals surface area (Å²) in [5, 5.41) is 2.97. The Morgan fingerprint density at radius 3 is 2.60 bits per heavy atom. The zero-order valence-electron chi connectivity index (χ0n) is 12.1. The molecule has 20 heavy (non-hydrogen) atoms. The van der Waals surface area contributed by atoms with Crippen molar-refractivity contribution >= 4 is 21.7 Å². The summed E-state index contributed by atoms with van der Waals surface area (Å²) in [5.74, 6) is 0.330. The van der Waals surface area contributed by atoms with Gasteiger partial charge in [-0.2, -0.15) is 0 Å². The van der Waals surface area contributed by atoms with Gasteiger partial charge in [-0.05, 0) is 44.0 Å². The average Bonchev–Trinajstić information content (AvgIpc) is 2.39. The minimum atomic E-state index is -3.17. The molecule has 1 aromatic rings. The molecule has 0 aliphatic carbocycles. The van der Waals surface area contributed by atoms with E-state index in [9.17, 15) is 8.42 Å². The number of hydrogen-bond donors (Lipinski definition) is 3. The van der Waals surface area contributed by atoms with E-state index in [1.54, 1.807) is 6.92 Å². The summed E-state index contributed by atoms with van der Waals surface area (Å²) < 4.78 is 24.8. The van der Waals surface area contributed by atoms with Crippen LogP contribution >= 0.6 is 0 Å². The van der Waals surface area contributed by atoms with Gasteiger partial charge in [0, 0.05) is 12.2 Å². The van der Waals surface area contributed by atoms with Crippen molar-refractivity contribution in [2.24, 2.45) is 10.7 Å². The molecule has 0 spiro atoms. The Kier molecular flexibility index (Phi) is 5.97. The van der Waals surface area contributed by atoms with E-state index in [1.807, 2.05) is 32.0 Å². The highest BCUT2D eigenvalue weighted by molar-refractivity contribution is 7.89. The number of anilines is 1. The molecule has 1 aromatic carbocycles. The van der Waals surface area contributed by atoms with E-state index < -0.39 is 10.0 Å². The van der Waals surface area contributed by atoms with Crippen LogP contribution in [-0.2, 0) is 10.0 Å². The standard InChI is InChI=1S/C13H22N4O2S/c1-4-20(18,19)16-8-7-15-13(14)17-12-6-5-10(2)11(3)9-12/h5-6,9,16H,4,7-8H2,1-3H3,(H3,14,15,17). The molecule has 0 bridgehead atoms. The second-order valence-electron chi connectivity index (χ2n) is 4.49. The SMILES string of the molecule is CCS(=O)(=O)NCCN=C(N)Nc1ccc(C)c(C)c1. The van der Waals surface area contributed by atoms with E-state index in [2.05, 4.69) is 15.0 Å². The summed E-state index contributed by atoms with van der Waals surface area (Å²) in [7, 11) is -3.17. The van der Waals surface area contributed by atoms with Crippen LogP contribution in [0.2, 0.25) is 0 Å². The summed E-state index contributed by atoms with van der Waals surface area (Å²) in [4.78, 5) is 4.07. The van der Waals surface area contributed by atoms with Crippen molar-refractivity contribution in [3.8, 4) is 0 Å². The third-order valence-electron chi connectivity index (χ3n) is 2.88. The van der Waals surface area contributed by atoms with Crippen LogP contribution in [0.15, 0.2) is 23.2 Å². The summed E-state index contributed by atoms with van der Waals surface area (Å²) in [6.45, 7) is 6.18. The third kappa shape index (κ3) is 5.58. The van der Waals surface area contributed by atoms with Crippen molar-refractivity contribution in [2.45, 2.75) is 20.8 Å². The minimum absolute atomic E-state index is 0.0626. The van der Waals surface area contributed by atoms with Crippen molar-refractivity contribution in [1.82, 2.24) is 4.72 Å². The van der Waals surface area contributed by atoms with Crippen molar-refractivity contribution < 1.29 is 8.42 Å². The molecule has 0 saturated carbocycles. The predicted molar refractivity (Wildman–Crippen MR) is 83.5 cm³/mol. The lowest BCUT2D eigenvalue weighted by Gasteiger charge is -2.08. The fourth-order valence-corrected chi connectivity index (χ4v) is 2.09. The average molecular weight is 298 g/mol. The lowest BCUT2D eigenvalue weighted by atomic mass is 10.1. The normalized spacial score (nSPS) is 12.4. The molecule has 0 aromatic heterocycles. The molecule has 0 unspecified atom stereocenters. The minimum Gasteiger partial charge on any atom is -0.370 e. The maximum Gasteiger partial charge on any atom is 0.211 e. The number of rotatable bonds is 6. The first-order chi connectivity index (χ1) is 9.34. The molecular weight excluding hydrogens is 276 g/mol. The molecule has 4 N–H and O–H groups in total. The summed E-state index contributed by atoms with van der Waals surface area (Å²) in [6, 6.07) is 5.91. The molecule has 0 fully saturated rings. The van der Waals surface area contributed by atoms with Gasteiger partial charge in [-0.25, -0.2) is 13.1 Å². The van der Waals surface area contributed by atoms with E-state index in [-0.39, 0.29) is 18.3 Å². The van der Waals surface area contributed by atoms with E-state index in [0.29, 0.717) is 6.54 Å². The topological polar surface area (TPSA) is 96.6 Å². The summed E-state index contributed by atoms with van der Waals surface area (Å²) in [6.07, 6.45) is 0. The number of hydrogen-bond acceptors (Lipinski definition) is 3. The van der Waals surface area contributed by atoms with Gasteiger partial charge in [-0.1, -0.05) is 6.07 Å². The molecule has 0 heterocycles. The molecule has 0 atom stereocenters. The Bertz CT molecular complexity index is 582.